The molecule has 0 amide bonds. The average Bonchev–Trinajstić information content (AvgIpc) is 0.919. The summed E-state index contributed by atoms with van der Waals surface area (Å²) in [6.45, 7) is 4.32. The molecule has 0 bridgehead atoms. The topological polar surface area (TPSA) is 237 Å². The molecule has 0 aromatic rings. The average molecular weight is 1470 g/mol. The van der Waals surface area contributed by atoms with Crippen LogP contribution in [0.15, 0.2) is 170 Å². The number of ether oxygens (including phenoxy) is 4. The van der Waals surface area contributed by atoms with Crippen molar-refractivity contribution in [3.63, 3.8) is 0 Å². The maximum Gasteiger partial charge on any atom is 0.472 e. The van der Waals surface area contributed by atoms with Crippen LogP contribution in [-0.4, -0.2) is 96.7 Å². The Hall–Kier alpha value is -5.58. The van der Waals surface area contributed by atoms with Gasteiger partial charge in [-0.15, -0.1) is 0 Å². The number of esters is 4. The van der Waals surface area contributed by atoms with Gasteiger partial charge in [0.1, 0.15) is 19.3 Å². The van der Waals surface area contributed by atoms with Crippen LogP contribution in [0.1, 0.15) is 272 Å². The monoisotopic (exact) mass is 1460 g/mol. The fourth-order valence-corrected chi connectivity index (χ4v) is 11.0. The summed E-state index contributed by atoms with van der Waals surface area (Å²) in [5, 5.41) is 10.6. The van der Waals surface area contributed by atoms with E-state index in [4.69, 9.17) is 37.0 Å². The first-order chi connectivity index (χ1) is 49.7. The minimum atomic E-state index is -5.03. The van der Waals surface area contributed by atoms with Gasteiger partial charge < -0.3 is 33.8 Å². The quantitative estimate of drug-likeness (QED) is 0.0169. The zero-order valence-corrected chi connectivity index (χ0v) is 64.8. The molecule has 0 aliphatic rings. The van der Waals surface area contributed by atoms with Crippen LogP contribution < -0.4 is 0 Å². The molecule has 0 saturated heterocycles. The van der Waals surface area contributed by atoms with Crippen molar-refractivity contribution in [2.45, 2.75) is 290 Å². The lowest BCUT2D eigenvalue weighted by molar-refractivity contribution is -0.161. The SMILES string of the molecule is CC/C=C\C/C=C\C/C=C\C/C=C\C/C=C\CC(=O)OCC(COP(=O)(O)OCC(O)COP(=O)(O)OCC(COC(=O)CCCCCCCC/C=C\C/C=C\C/C=C\CCCCC)OC(=O)CCCCCCC/C=C\CCCCCC)OC(=O)C/C=C\C/C=C\C/C=C\C/C=C\C/C=C\CC. The van der Waals surface area contributed by atoms with Crippen LogP contribution in [0.3, 0.4) is 0 Å². The van der Waals surface area contributed by atoms with E-state index in [1.165, 1.54) is 44.9 Å². The summed E-state index contributed by atoms with van der Waals surface area (Å²) in [5.41, 5.74) is 0. The smallest absolute Gasteiger partial charge is 0.462 e. The van der Waals surface area contributed by atoms with Gasteiger partial charge in [0.15, 0.2) is 12.2 Å². The molecule has 0 aliphatic carbocycles. The highest BCUT2D eigenvalue weighted by Crippen LogP contribution is 2.45. The molecule has 5 unspecified atom stereocenters. The Morgan fingerprint density at radius 1 is 0.294 bits per heavy atom. The highest BCUT2D eigenvalue weighted by Gasteiger charge is 2.30. The van der Waals surface area contributed by atoms with E-state index in [-0.39, 0.29) is 25.7 Å². The summed E-state index contributed by atoms with van der Waals surface area (Å²) >= 11 is 0. The summed E-state index contributed by atoms with van der Waals surface area (Å²) in [4.78, 5) is 72.8. The fourth-order valence-electron chi connectivity index (χ4n) is 9.43. The summed E-state index contributed by atoms with van der Waals surface area (Å²) in [6.07, 6.45) is 86.9. The van der Waals surface area contributed by atoms with E-state index in [0.29, 0.717) is 25.7 Å². The second-order valence-electron chi connectivity index (χ2n) is 24.9. The van der Waals surface area contributed by atoms with Crippen LogP contribution in [0.25, 0.3) is 0 Å². The Morgan fingerprint density at radius 3 is 0.941 bits per heavy atom. The molecular weight excluding hydrogens is 1330 g/mol. The molecule has 0 spiro atoms. The Kier molecular flexibility index (Phi) is 69.7. The zero-order valence-electron chi connectivity index (χ0n) is 63.0. The van der Waals surface area contributed by atoms with Gasteiger partial charge in [-0.3, -0.25) is 37.3 Å². The molecule has 0 rings (SSSR count). The number of hydrogen-bond acceptors (Lipinski definition) is 15. The largest absolute Gasteiger partial charge is 0.472 e. The van der Waals surface area contributed by atoms with E-state index in [9.17, 15) is 43.2 Å². The maximum atomic E-state index is 13.1. The molecule has 5 atom stereocenters. The number of hydrogen-bond donors (Lipinski definition) is 3. The highest BCUT2D eigenvalue weighted by molar-refractivity contribution is 7.47. The summed E-state index contributed by atoms with van der Waals surface area (Å²) in [5.74, 6) is -2.51. The molecule has 0 aromatic carbocycles. The Bertz CT molecular complexity index is 2600. The van der Waals surface area contributed by atoms with Crippen LogP contribution in [-0.2, 0) is 65.4 Å². The predicted molar refractivity (Wildman–Crippen MR) is 417 cm³/mol. The van der Waals surface area contributed by atoms with Gasteiger partial charge in [0, 0.05) is 12.8 Å². The summed E-state index contributed by atoms with van der Waals surface area (Å²) in [7, 11) is -10.0. The predicted octanol–water partition coefficient (Wildman–Crippen LogP) is 22.2. The molecule has 17 nitrogen and oxygen atoms in total. The Morgan fingerprint density at radius 2 is 0.559 bits per heavy atom. The van der Waals surface area contributed by atoms with E-state index >= 15 is 0 Å². The zero-order chi connectivity index (χ0) is 74.6. The highest BCUT2D eigenvalue weighted by atomic mass is 31.2. The molecule has 578 valence electrons. The molecule has 3 N–H and O–H groups in total. The third-order valence-corrected chi connectivity index (χ3v) is 17.1. The van der Waals surface area contributed by atoms with Crippen molar-refractivity contribution in [3.8, 4) is 0 Å². The van der Waals surface area contributed by atoms with Gasteiger partial charge in [-0.2, -0.15) is 0 Å². The van der Waals surface area contributed by atoms with Gasteiger partial charge >= 0.3 is 39.5 Å². The van der Waals surface area contributed by atoms with Crippen LogP contribution in [0.4, 0.5) is 0 Å². The van der Waals surface area contributed by atoms with Crippen molar-refractivity contribution in [1.29, 1.82) is 0 Å². The number of aliphatic hydroxyl groups excluding tert-OH is 1. The van der Waals surface area contributed by atoms with Crippen molar-refractivity contribution >= 4 is 39.5 Å². The molecular formula is C83H134O17P2. The number of unbranched alkanes of at least 4 members (excludes halogenated alkanes) is 18. The molecule has 0 saturated carbocycles. The first-order valence-electron chi connectivity index (χ1n) is 38.4. The maximum absolute atomic E-state index is 13.1. The van der Waals surface area contributed by atoms with Gasteiger partial charge in [-0.05, 0) is 141 Å². The van der Waals surface area contributed by atoms with Crippen LogP contribution in [0.5, 0.6) is 0 Å². The van der Waals surface area contributed by atoms with E-state index in [1.54, 1.807) is 18.2 Å². The number of carbonyl (C=O) groups excluding carboxylic acids is 4. The van der Waals surface area contributed by atoms with Crippen molar-refractivity contribution in [3.05, 3.63) is 170 Å². The van der Waals surface area contributed by atoms with E-state index < -0.39 is 97.5 Å². The van der Waals surface area contributed by atoms with E-state index in [1.807, 2.05) is 30.4 Å². The standard InChI is InChI=1S/C83H134O17P2/c1-5-9-13-17-21-25-29-33-36-37-38-39-42-45-48-52-56-60-64-68-81(86)94-73-78(99-82(87)69-65-61-57-53-49-43-32-28-24-20-16-12-8-4)75-97-101(89,90)95-71-77(84)72-96-102(91,92)98-76-79(100-83(88)70-66-62-58-54-50-46-41-35-31-27-23-19-15-11-7-3)74-93-80(85)67-63-59-55-51-47-44-40-34-30-26-22-18-14-10-6-2/h10-11,14-15,21-23,25-28,32-36,38-41,47,50-51,54,59,62-63,66,77-79,84H,5-9,12-13,16-20,24,29-31,37,42-46,48-49,52-53,55-58,60-61,64-65,67-76H2,1-4H3,(H,89,90)(H,91,92)/b14-10-,15-11-,25-21-,26-22-,27-23-,32-28-,36-33-,39-38-,40-34-,41-35-,51-47-,54-50-,63-59-,66-62-. The first kappa shape index (κ1) is 96.4. The lowest BCUT2D eigenvalue weighted by Gasteiger charge is -2.21. The number of rotatable bonds is 70. The summed E-state index contributed by atoms with van der Waals surface area (Å²) < 4.78 is 68.2. The molecule has 0 fully saturated rings. The minimum Gasteiger partial charge on any atom is -0.462 e. The van der Waals surface area contributed by atoms with Crippen molar-refractivity contribution in [2.24, 2.45) is 0 Å². The van der Waals surface area contributed by atoms with Crippen LogP contribution in [0.2, 0.25) is 0 Å². The van der Waals surface area contributed by atoms with Crippen LogP contribution in [0, 0.1) is 0 Å². The van der Waals surface area contributed by atoms with Crippen molar-refractivity contribution in [2.75, 3.05) is 39.6 Å². The molecule has 102 heavy (non-hydrogen) atoms. The number of allylic oxidation sites excluding steroid dienone is 26. The second-order valence-corrected chi connectivity index (χ2v) is 27.8. The Labute approximate surface area is 616 Å². The lowest BCUT2D eigenvalue weighted by atomic mass is 10.1. The third kappa shape index (κ3) is 72.8. The summed E-state index contributed by atoms with van der Waals surface area (Å²) in [6, 6.07) is 0. The molecule has 0 heterocycles. The van der Waals surface area contributed by atoms with Gasteiger partial charge in [0.05, 0.1) is 39.3 Å². The van der Waals surface area contributed by atoms with E-state index in [0.717, 1.165) is 148 Å². The third-order valence-electron chi connectivity index (χ3n) is 15.2. The van der Waals surface area contributed by atoms with Gasteiger partial charge in [-0.1, -0.05) is 275 Å². The number of carbonyl (C=O) groups is 4. The van der Waals surface area contributed by atoms with Gasteiger partial charge in [-0.25, -0.2) is 9.13 Å². The van der Waals surface area contributed by atoms with Crippen molar-refractivity contribution < 1.29 is 80.2 Å². The number of phosphoric acid groups is 2. The Balaban J connectivity index is 5.49. The molecule has 0 aliphatic heterocycles. The second kappa shape index (κ2) is 73.7. The first-order valence-corrected chi connectivity index (χ1v) is 41.4. The van der Waals surface area contributed by atoms with Crippen molar-refractivity contribution in [1.82, 2.24) is 0 Å². The van der Waals surface area contributed by atoms with Crippen LogP contribution >= 0.6 is 15.6 Å². The minimum absolute atomic E-state index is 0.0719. The number of aliphatic hydroxyl groups is 1. The van der Waals surface area contributed by atoms with Gasteiger partial charge in [0.25, 0.3) is 0 Å². The molecule has 0 radical (unpaired) electrons. The molecule has 19 heteroatoms. The fraction of sp³-hybridized carbons (Fsp3) is 0.614. The van der Waals surface area contributed by atoms with E-state index in [2.05, 4.69) is 149 Å². The molecule has 0 aromatic heterocycles. The lowest BCUT2D eigenvalue weighted by Crippen LogP contribution is -2.30. The normalized spacial score (nSPS) is 14.9. The van der Waals surface area contributed by atoms with Gasteiger partial charge in [0.2, 0.25) is 0 Å². The number of phosphoric ester groups is 2.